The molecule has 0 atom stereocenters. The maximum atomic E-state index is 12.0. The van der Waals surface area contributed by atoms with Crippen LogP contribution in [0.4, 0.5) is 0 Å². The van der Waals surface area contributed by atoms with E-state index in [1.54, 1.807) is 24.3 Å². The summed E-state index contributed by atoms with van der Waals surface area (Å²) in [7, 11) is 0. The van der Waals surface area contributed by atoms with Crippen molar-refractivity contribution in [3.05, 3.63) is 35.4 Å². The molecule has 0 spiro atoms. The third-order valence-electron chi connectivity index (χ3n) is 2.93. The van der Waals surface area contributed by atoms with E-state index in [-0.39, 0.29) is 25.4 Å². The van der Waals surface area contributed by atoms with Crippen LogP contribution in [0.2, 0.25) is 0 Å². The van der Waals surface area contributed by atoms with E-state index in [2.05, 4.69) is 4.74 Å². The molecule has 0 aliphatic carbocycles. The first-order valence-electron chi connectivity index (χ1n) is 6.11. The molecule has 1 aliphatic heterocycles. The summed E-state index contributed by atoms with van der Waals surface area (Å²) in [6.45, 7) is 0.863. The molecule has 0 N–H and O–H groups in total. The number of carbonyl (C=O) groups is 4. The van der Waals surface area contributed by atoms with Gasteiger partial charge in [-0.05, 0) is 12.1 Å². The number of esters is 1. The van der Waals surface area contributed by atoms with Crippen LogP contribution in [0.15, 0.2) is 24.3 Å². The molecule has 1 aromatic rings. The fourth-order valence-electron chi connectivity index (χ4n) is 1.93. The SMILES string of the molecule is CC(=O)OCC(=O)CCN1C(=O)c2ccccc2C1=O. The van der Waals surface area contributed by atoms with Gasteiger partial charge in [0.25, 0.3) is 11.8 Å². The molecular formula is C14H13NO5. The summed E-state index contributed by atoms with van der Waals surface area (Å²) >= 11 is 0. The van der Waals surface area contributed by atoms with E-state index in [9.17, 15) is 19.2 Å². The Morgan fingerprint density at radius 1 is 1.10 bits per heavy atom. The Hall–Kier alpha value is -2.50. The number of hydrogen-bond donors (Lipinski definition) is 0. The summed E-state index contributed by atoms with van der Waals surface area (Å²) < 4.78 is 4.56. The molecule has 0 saturated heterocycles. The maximum Gasteiger partial charge on any atom is 0.303 e. The van der Waals surface area contributed by atoms with Gasteiger partial charge in [0.1, 0.15) is 6.61 Å². The molecule has 20 heavy (non-hydrogen) atoms. The van der Waals surface area contributed by atoms with E-state index < -0.39 is 17.8 Å². The first-order chi connectivity index (χ1) is 9.50. The highest BCUT2D eigenvalue weighted by molar-refractivity contribution is 6.21. The molecule has 1 aliphatic rings. The minimum absolute atomic E-state index is 0.00750. The maximum absolute atomic E-state index is 12.0. The fourth-order valence-corrected chi connectivity index (χ4v) is 1.93. The highest BCUT2D eigenvalue weighted by atomic mass is 16.5. The van der Waals surface area contributed by atoms with Gasteiger partial charge >= 0.3 is 5.97 Å². The second-order valence-electron chi connectivity index (χ2n) is 4.38. The lowest BCUT2D eigenvalue weighted by atomic mass is 10.1. The Morgan fingerprint density at radius 2 is 1.65 bits per heavy atom. The molecule has 0 fully saturated rings. The predicted molar refractivity (Wildman–Crippen MR) is 68.1 cm³/mol. The fraction of sp³-hybridized carbons (Fsp3) is 0.286. The van der Waals surface area contributed by atoms with Crippen LogP contribution in [0.5, 0.6) is 0 Å². The number of ketones is 1. The molecule has 2 rings (SSSR count). The quantitative estimate of drug-likeness (QED) is 0.586. The van der Waals surface area contributed by atoms with Gasteiger partial charge in [0, 0.05) is 19.9 Å². The van der Waals surface area contributed by atoms with Gasteiger partial charge in [0.2, 0.25) is 0 Å². The van der Waals surface area contributed by atoms with E-state index in [4.69, 9.17) is 0 Å². The second kappa shape index (κ2) is 5.64. The van der Waals surface area contributed by atoms with Crippen molar-refractivity contribution in [2.45, 2.75) is 13.3 Å². The van der Waals surface area contributed by atoms with Crippen LogP contribution in [-0.4, -0.2) is 41.6 Å². The predicted octanol–water partition coefficient (Wildman–Crippen LogP) is 0.805. The van der Waals surface area contributed by atoms with Gasteiger partial charge in [-0.1, -0.05) is 12.1 Å². The topological polar surface area (TPSA) is 80.8 Å². The Morgan fingerprint density at radius 3 is 2.15 bits per heavy atom. The van der Waals surface area contributed by atoms with Gasteiger partial charge < -0.3 is 4.74 Å². The molecule has 104 valence electrons. The molecule has 0 radical (unpaired) electrons. The molecule has 1 aromatic carbocycles. The van der Waals surface area contributed by atoms with Crippen molar-refractivity contribution < 1.29 is 23.9 Å². The summed E-state index contributed by atoms with van der Waals surface area (Å²) in [6.07, 6.45) is -0.0290. The van der Waals surface area contributed by atoms with Gasteiger partial charge in [-0.2, -0.15) is 0 Å². The van der Waals surface area contributed by atoms with Crippen molar-refractivity contribution in [3.8, 4) is 0 Å². The highest BCUT2D eigenvalue weighted by Crippen LogP contribution is 2.22. The Bertz CT molecular complexity index is 558. The molecule has 6 heteroatoms. The standard InChI is InChI=1S/C14H13NO5/c1-9(16)20-8-10(17)6-7-15-13(18)11-4-2-3-5-12(11)14(15)19/h2-5H,6-8H2,1H3. The summed E-state index contributed by atoms with van der Waals surface area (Å²) in [5, 5.41) is 0. The van der Waals surface area contributed by atoms with Crippen molar-refractivity contribution in [2.75, 3.05) is 13.2 Å². The minimum Gasteiger partial charge on any atom is -0.458 e. The molecule has 2 amide bonds. The summed E-state index contributed by atoms with van der Waals surface area (Å²) in [4.78, 5) is 47.1. The second-order valence-corrected chi connectivity index (χ2v) is 4.38. The Balaban J connectivity index is 1.96. The van der Waals surface area contributed by atoms with Crippen molar-refractivity contribution in [2.24, 2.45) is 0 Å². The third-order valence-corrected chi connectivity index (χ3v) is 2.93. The van der Waals surface area contributed by atoms with Crippen molar-refractivity contribution in [3.63, 3.8) is 0 Å². The van der Waals surface area contributed by atoms with Crippen molar-refractivity contribution in [1.82, 2.24) is 4.90 Å². The molecule has 0 unspecified atom stereocenters. The largest absolute Gasteiger partial charge is 0.458 e. The number of hydrogen-bond acceptors (Lipinski definition) is 5. The molecule has 1 heterocycles. The van der Waals surface area contributed by atoms with Gasteiger partial charge in [0.15, 0.2) is 5.78 Å². The zero-order valence-electron chi connectivity index (χ0n) is 10.9. The van der Waals surface area contributed by atoms with Gasteiger partial charge in [-0.3, -0.25) is 24.1 Å². The lowest BCUT2D eigenvalue weighted by Crippen LogP contribution is -2.32. The van der Waals surface area contributed by atoms with Gasteiger partial charge in [-0.15, -0.1) is 0 Å². The molecule has 0 aromatic heterocycles. The summed E-state index contributed by atoms with van der Waals surface area (Å²) in [6, 6.07) is 6.52. The average Bonchev–Trinajstić information content (AvgIpc) is 2.67. The zero-order chi connectivity index (χ0) is 14.7. The molecular weight excluding hydrogens is 262 g/mol. The molecule has 6 nitrogen and oxygen atoms in total. The first-order valence-corrected chi connectivity index (χ1v) is 6.11. The molecule has 0 bridgehead atoms. The lowest BCUT2D eigenvalue weighted by molar-refractivity contribution is -0.145. The van der Waals surface area contributed by atoms with Crippen LogP contribution >= 0.6 is 0 Å². The van der Waals surface area contributed by atoms with E-state index >= 15 is 0 Å². The minimum atomic E-state index is -0.543. The number of benzene rings is 1. The van der Waals surface area contributed by atoms with Gasteiger partial charge in [0.05, 0.1) is 11.1 Å². The van der Waals surface area contributed by atoms with Crippen LogP contribution in [-0.2, 0) is 14.3 Å². The third kappa shape index (κ3) is 2.74. The van der Waals surface area contributed by atoms with E-state index in [1.807, 2.05) is 0 Å². The summed E-state index contributed by atoms with van der Waals surface area (Å²) in [5.74, 6) is -1.67. The van der Waals surface area contributed by atoms with Crippen molar-refractivity contribution >= 4 is 23.6 Å². The van der Waals surface area contributed by atoms with Crippen LogP contribution < -0.4 is 0 Å². The number of carbonyl (C=O) groups excluding carboxylic acids is 4. The molecule has 0 saturated carbocycles. The van der Waals surface area contributed by atoms with Crippen LogP contribution in [0, 0.1) is 0 Å². The van der Waals surface area contributed by atoms with E-state index in [0.29, 0.717) is 11.1 Å². The van der Waals surface area contributed by atoms with Crippen LogP contribution in [0.25, 0.3) is 0 Å². The Labute approximate surface area is 115 Å². The Kier molecular flexibility index (Phi) is 3.93. The number of nitrogens with zero attached hydrogens (tertiary/aromatic N) is 1. The highest BCUT2D eigenvalue weighted by Gasteiger charge is 2.34. The zero-order valence-corrected chi connectivity index (χ0v) is 10.9. The number of fused-ring (bicyclic) bond motifs is 1. The number of imide groups is 1. The van der Waals surface area contributed by atoms with Crippen molar-refractivity contribution in [1.29, 1.82) is 0 Å². The first kappa shape index (κ1) is 13.9. The van der Waals surface area contributed by atoms with Crippen LogP contribution in [0.3, 0.4) is 0 Å². The average molecular weight is 275 g/mol. The van der Waals surface area contributed by atoms with Gasteiger partial charge in [-0.25, -0.2) is 0 Å². The number of ether oxygens (including phenoxy) is 1. The van der Waals surface area contributed by atoms with E-state index in [1.165, 1.54) is 6.92 Å². The smallest absolute Gasteiger partial charge is 0.303 e. The van der Waals surface area contributed by atoms with Crippen LogP contribution in [0.1, 0.15) is 34.1 Å². The number of Topliss-reactive ketones (excluding diaryl/α,β-unsaturated/α-hetero) is 1. The number of amides is 2. The monoisotopic (exact) mass is 275 g/mol. The lowest BCUT2D eigenvalue weighted by Gasteiger charge is -2.12. The normalized spacial score (nSPS) is 13.3. The number of rotatable bonds is 5. The summed E-state index contributed by atoms with van der Waals surface area (Å²) in [5.41, 5.74) is 0.704. The van der Waals surface area contributed by atoms with E-state index in [0.717, 1.165) is 4.90 Å².